The lowest BCUT2D eigenvalue weighted by Crippen LogP contribution is -2.42. The highest BCUT2D eigenvalue weighted by molar-refractivity contribution is 14.0. The normalized spacial score (nSPS) is 16.2. The fraction of sp³-hybridized carbons (Fsp3) is 0.619. The van der Waals surface area contributed by atoms with Crippen LogP contribution in [-0.4, -0.2) is 55.1 Å². The van der Waals surface area contributed by atoms with Crippen LogP contribution in [0.3, 0.4) is 0 Å². The van der Waals surface area contributed by atoms with E-state index in [1.54, 1.807) is 12.1 Å². The number of aliphatic imine (C=N–C) groups is 1. The molecule has 164 valence electrons. The highest BCUT2D eigenvalue weighted by atomic mass is 127. The molecular formula is C21H34FIN4O2. The maximum atomic E-state index is 13.0. The Morgan fingerprint density at radius 2 is 2.00 bits per heavy atom. The summed E-state index contributed by atoms with van der Waals surface area (Å²) < 4.78 is 18.7. The first-order valence-corrected chi connectivity index (χ1v) is 10.3. The molecule has 8 heteroatoms. The first-order chi connectivity index (χ1) is 13.5. The van der Waals surface area contributed by atoms with Crippen molar-refractivity contribution in [2.24, 2.45) is 4.99 Å². The summed E-state index contributed by atoms with van der Waals surface area (Å²) in [5, 5.41) is 6.58. The van der Waals surface area contributed by atoms with E-state index < -0.39 is 0 Å². The highest BCUT2D eigenvalue weighted by Crippen LogP contribution is 2.17. The number of likely N-dealkylation sites (tertiary alicyclic amines) is 1. The minimum absolute atomic E-state index is 0. The SMILES string of the molecule is CCNC(=NCC(C)Oc1ccc(F)cc1)NCCC(CC)N1CCCC1=O.I. The number of guanidine groups is 1. The van der Waals surface area contributed by atoms with Crippen LogP contribution < -0.4 is 15.4 Å². The van der Waals surface area contributed by atoms with Gasteiger partial charge in [0.05, 0.1) is 6.54 Å². The van der Waals surface area contributed by atoms with Crippen molar-refractivity contribution in [2.45, 2.75) is 58.6 Å². The van der Waals surface area contributed by atoms with Gasteiger partial charge in [-0.25, -0.2) is 9.38 Å². The van der Waals surface area contributed by atoms with Gasteiger partial charge in [-0.1, -0.05) is 6.92 Å². The van der Waals surface area contributed by atoms with Gasteiger partial charge in [-0.15, -0.1) is 24.0 Å². The van der Waals surface area contributed by atoms with E-state index in [1.807, 2.05) is 18.7 Å². The largest absolute Gasteiger partial charge is 0.489 e. The molecule has 1 aromatic carbocycles. The molecule has 1 saturated heterocycles. The third-order valence-corrected chi connectivity index (χ3v) is 4.79. The second-order valence-electron chi connectivity index (χ2n) is 7.07. The molecule has 6 nitrogen and oxygen atoms in total. The molecule has 2 atom stereocenters. The van der Waals surface area contributed by atoms with Crippen LogP contribution in [0.25, 0.3) is 0 Å². The second-order valence-corrected chi connectivity index (χ2v) is 7.07. The Balaban J connectivity index is 0.00000420. The van der Waals surface area contributed by atoms with Crippen LogP contribution in [0.15, 0.2) is 29.3 Å². The average molecular weight is 520 g/mol. The number of hydrogen-bond donors (Lipinski definition) is 2. The lowest BCUT2D eigenvalue weighted by molar-refractivity contribution is -0.129. The molecule has 2 N–H and O–H groups in total. The molecule has 1 aliphatic heterocycles. The zero-order valence-electron chi connectivity index (χ0n) is 17.6. The minimum Gasteiger partial charge on any atom is -0.489 e. The van der Waals surface area contributed by atoms with Gasteiger partial charge in [0.25, 0.3) is 0 Å². The lowest BCUT2D eigenvalue weighted by Gasteiger charge is -2.27. The molecule has 0 aromatic heterocycles. The van der Waals surface area contributed by atoms with Crippen molar-refractivity contribution in [1.82, 2.24) is 15.5 Å². The number of carbonyl (C=O) groups excluding carboxylic acids is 1. The van der Waals surface area contributed by atoms with Crippen molar-refractivity contribution in [2.75, 3.05) is 26.2 Å². The van der Waals surface area contributed by atoms with Gasteiger partial charge in [-0.2, -0.15) is 0 Å². The quantitative estimate of drug-likeness (QED) is 0.282. The highest BCUT2D eigenvalue weighted by Gasteiger charge is 2.26. The topological polar surface area (TPSA) is 66.0 Å². The summed E-state index contributed by atoms with van der Waals surface area (Å²) in [4.78, 5) is 18.6. The second kappa shape index (κ2) is 13.6. The maximum Gasteiger partial charge on any atom is 0.222 e. The van der Waals surface area contributed by atoms with Crippen LogP contribution >= 0.6 is 24.0 Å². The molecule has 1 amide bonds. The van der Waals surface area contributed by atoms with Crippen LogP contribution in [0.1, 0.15) is 46.5 Å². The molecule has 1 aliphatic rings. The molecule has 1 heterocycles. The van der Waals surface area contributed by atoms with Gasteiger partial charge in [0, 0.05) is 32.1 Å². The lowest BCUT2D eigenvalue weighted by atomic mass is 10.1. The van der Waals surface area contributed by atoms with Crippen LogP contribution in [0, 0.1) is 5.82 Å². The summed E-state index contributed by atoms with van der Waals surface area (Å²) in [7, 11) is 0. The Morgan fingerprint density at radius 3 is 2.59 bits per heavy atom. The predicted molar refractivity (Wildman–Crippen MR) is 126 cm³/mol. The summed E-state index contributed by atoms with van der Waals surface area (Å²) in [6.07, 6.45) is 3.38. The number of benzene rings is 1. The first kappa shape index (κ1) is 25.5. The molecule has 29 heavy (non-hydrogen) atoms. The van der Waals surface area contributed by atoms with Gasteiger partial charge in [-0.3, -0.25) is 4.79 Å². The molecule has 0 bridgehead atoms. The Morgan fingerprint density at radius 1 is 1.28 bits per heavy atom. The third-order valence-electron chi connectivity index (χ3n) is 4.79. The van der Waals surface area contributed by atoms with Crippen LogP contribution in [-0.2, 0) is 4.79 Å². The van der Waals surface area contributed by atoms with E-state index in [2.05, 4.69) is 22.5 Å². The van der Waals surface area contributed by atoms with E-state index in [-0.39, 0.29) is 47.8 Å². The van der Waals surface area contributed by atoms with Gasteiger partial charge in [0.2, 0.25) is 5.91 Å². The number of rotatable bonds is 10. The van der Waals surface area contributed by atoms with Crippen LogP contribution in [0.4, 0.5) is 4.39 Å². The first-order valence-electron chi connectivity index (χ1n) is 10.3. The fourth-order valence-electron chi connectivity index (χ4n) is 3.34. The molecule has 0 radical (unpaired) electrons. The van der Waals surface area contributed by atoms with E-state index in [0.717, 1.165) is 44.9 Å². The van der Waals surface area contributed by atoms with Gasteiger partial charge in [-0.05, 0) is 57.4 Å². The van der Waals surface area contributed by atoms with E-state index >= 15 is 0 Å². The van der Waals surface area contributed by atoms with E-state index in [0.29, 0.717) is 18.7 Å². The molecule has 1 fully saturated rings. The Hall–Kier alpha value is -1.58. The zero-order valence-corrected chi connectivity index (χ0v) is 19.9. The third kappa shape index (κ3) is 8.76. The fourth-order valence-corrected chi connectivity index (χ4v) is 3.34. The van der Waals surface area contributed by atoms with Crippen molar-refractivity contribution in [1.29, 1.82) is 0 Å². The van der Waals surface area contributed by atoms with Gasteiger partial charge >= 0.3 is 0 Å². The Kier molecular flexibility index (Phi) is 11.9. The van der Waals surface area contributed by atoms with Crippen molar-refractivity contribution < 1.29 is 13.9 Å². The Labute approximate surface area is 190 Å². The van der Waals surface area contributed by atoms with Crippen molar-refractivity contribution in [3.8, 4) is 5.75 Å². The van der Waals surface area contributed by atoms with Gasteiger partial charge in [0.15, 0.2) is 5.96 Å². The molecule has 1 aromatic rings. The number of nitrogens with zero attached hydrogens (tertiary/aromatic N) is 2. The van der Waals surface area contributed by atoms with Gasteiger partial charge < -0.3 is 20.3 Å². The maximum absolute atomic E-state index is 13.0. The van der Waals surface area contributed by atoms with Crippen LogP contribution in [0.5, 0.6) is 5.75 Å². The molecular weight excluding hydrogens is 486 g/mol. The van der Waals surface area contributed by atoms with Crippen molar-refractivity contribution in [3.05, 3.63) is 30.1 Å². The van der Waals surface area contributed by atoms with E-state index in [1.165, 1.54) is 12.1 Å². The summed E-state index contributed by atoms with van der Waals surface area (Å²) in [5.41, 5.74) is 0. The number of ether oxygens (including phenoxy) is 1. The number of hydrogen-bond acceptors (Lipinski definition) is 3. The summed E-state index contributed by atoms with van der Waals surface area (Å²) in [5.74, 6) is 1.36. The zero-order chi connectivity index (χ0) is 20.4. The number of nitrogens with one attached hydrogen (secondary N) is 2. The average Bonchev–Trinajstić information content (AvgIpc) is 3.11. The molecule has 2 rings (SSSR count). The van der Waals surface area contributed by atoms with E-state index in [9.17, 15) is 9.18 Å². The molecule has 0 aliphatic carbocycles. The monoisotopic (exact) mass is 520 g/mol. The van der Waals surface area contributed by atoms with Crippen molar-refractivity contribution >= 4 is 35.8 Å². The summed E-state index contributed by atoms with van der Waals surface area (Å²) in [6, 6.07) is 6.27. The molecule has 2 unspecified atom stereocenters. The summed E-state index contributed by atoms with van der Waals surface area (Å²) in [6.45, 7) is 8.96. The standard InChI is InChI=1S/C21H33FN4O2.HI/c1-4-18(26-14-6-7-20(26)27)12-13-24-21(23-5-2)25-15-16(3)28-19-10-8-17(22)9-11-19;/h8-11,16,18H,4-7,12-15H2,1-3H3,(H2,23,24,25);1H. The van der Waals surface area contributed by atoms with E-state index in [4.69, 9.17) is 4.74 Å². The number of amides is 1. The molecule has 0 spiro atoms. The summed E-state index contributed by atoms with van der Waals surface area (Å²) >= 11 is 0. The number of halogens is 2. The Bertz CT molecular complexity index is 642. The minimum atomic E-state index is -0.280. The van der Waals surface area contributed by atoms with Crippen LogP contribution in [0.2, 0.25) is 0 Å². The molecule has 0 saturated carbocycles. The van der Waals surface area contributed by atoms with Crippen molar-refractivity contribution in [3.63, 3.8) is 0 Å². The smallest absolute Gasteiger partial charge is 0.222 e. The number of carbonyl (C=O) groups is 1. The predicted octanol–water partition coefficient (Wildman–Crippen LogP) is 3.56. The van der Waals surface area contributed by atoms with Gasteiger partial charge in [0.1, 0.15) is 17.7 Å².